The summed E-state index contributed by atoms with van der Waals surface area (Å²) >= 11 is 0. The third-order valence-electron chi connectivity index (χ3n) is 3.33. The molecule has 1 saturated carbocycles. The van der Waals surface area contributed by atoms with Crippen LogP contribution in [0.2, 0.25) is 0 Å². The van der Waals surface area contributed by atoms with E-state index >= 15 is 0 Å². The van der Waals surface area contributed by atoms with Crippen LogP contribution in [0.4, 0.5) is 8.78 Å². The Balaban J connectivity index is 2.31. The van der Waals surface area contributed by atoms with Crippen LogP contribution in [0.5, 0.6) is 0 Å². The van der Waals surface area contributed by atoms with Crippen molar-refractivity contribution >= 4 is 18.0 Å². The lowest BCUT2D eigenvalue weighted by Gasteiger charge is -2.11. The van der Waals surface area contributed by atoms with Gasteiger partial charge >= 0.3 is 5.97 Å². The summed E-state index contributed by atoms with van der Waals surface area (Å²) in [6.45, 7) is 3.08. The highest BCUT2D eigenvalue weighted by molar-refractivity contribution is 6.18. The van der Waals surface area contributed by atoms with Gasteiger partial charge in [-0.05, 0) is 44.4 Å². The molecular weight excluding hydrogens is 292 g/mol. The van der Waals surface area contributed by atoms with Crippen molar-refractivity contribution in [2.45, 2.75) is 32.7 Å². The Bertz CT molecular complexity index is 624. The predicted octanol–water partition coefficient (Wildman–Crippen LogP) is 2.87. The number of rotatable bonds is 6. The highest BCUT2D eigenvalue weighted by atomic mass is 19.1. The molecule has 0 bridgehead atoms. The Morgan fingerprint density at radius 2 is 2.05 bits per heavy atom. The third-order valence-corrected chi connectivity index (χ3v) is 3.33. The molecule has 0 saturated heterocycles. The number of carbonyl (C=O) groups is 2. The molecule has 118 valence electrons. The second-order valence-corrected chi connectivity index (χ2v) is 5.20. The number of nitrogens with zero attached hydrogens (tertiary/aromatic N) is 1. The number of hydrogen-bond acceptors (Lipinski definition) is 4. The normalized spacial score (nSPS) is 15.8. The minimum Gasteiger partial charge on any atom is -0.465 e. The van der Waals surface area contributed by atoms with Crippen molar-refractivity contribution in [3.8, 4) is 0 Å². The van der Waals surface area contributed by atoms with Gasteiger partial charge in [0.2, 0.25) is 0 Å². The van der Waals surface area contributed by atoms with Crippen LogP contribution in [0.25, 0.3) is 0 Å². The quantitative estimate of drug-likeness (QED) is 0.351. The summed E-state index contributed by atoms with van der Waals surface area (Å²) in [5.74, 6) is -4.57. The minimum absolute atomic E-state index is 0.0879. The number of halogens is 2. The minimum atomic E-state index is -1.35. The van der Waals surface area contributed by atoms with Gasteiger partial charge in [-0.1, -0.05) is 0 Å². The average molecular weight is 309 g/mol. The van der Waals surface area contributed by atoms with Crippen molar-refractivity contribution in [1.29, 1.82) is 0 Å². The molecule has 1 atom stereocenters. The fourth-order valence-corrected chi connectivity index (χ4v) is 1.90. The monoisotopic (exact) mass is 309 g/mol. The van der Waals surface area contributed by atoms with Crippen LogP contribution in [-0.4, -0.2) is 30.6 Å². The van der Waals surface area contributed by atoms with Gasteiger partial charge in [0.25, 0.3) is 0 Å². The molecule has 1 aliphatic carbocycles. The Kier molecular flexibility index (Phi) is 5.00. The van der Waals surface area contributed by atoms with E-state index in [4.69, 9.17) is 4.74 Å². The number of esters is 1. The fraction of sp³-hybridized carbons (Fsp3) is 0.438. The van der Waals surface area contributed by atoms with Crippen molar-refractivity contribution in [3.05, 3.63) is 34.9 Å². The van der Waals surface area contributed by atoms with Gasteiger partial charge in [0.15, 0.2) is 11.7 Å². The van der Waals surface area contributed by atoms with Crippen LogP contribution in [0.3, 0.4) is 0 Å². The topological polar surface area (TPSA) is 55.7 Å². The van der Waals surface area contributed by atoms with E-state index in [1.165, 1.54) is 13.1 Å². The smallest absolute Gasteiger partial charge is 0.322 e. The standard InChI is InChI=1S/C16H17F2NO3/c1-3-22-16(21)12(8-19-10-4-5-10)15(20)11-7-13(17)9(2)6-14(11)18/h6-8,10,12H,3-5H2,1-2H3. The van der Waals surface area contributed by atoms with Crippen LogP contribution in [0.15, 0.2) is 17.1 Å². The van der Waals surface area contributed by atoms with Gasteiger partial charge in [0.1, 0.15) is 11.6 Å². The first kappa shape index (κ1) is 16.3. The van der Waals surface area contributed by atoms with Gasteiger partial charge in [0, 0.05) is 12.3 Å². The second-order valence-electron chi connectivity index (χ2n) is 5.20. The summed E-state index contributed by atoms with van der Waals surface area (Å²) in [4.78, 5) is 28.4. The first-order chi connectivity index (χ1) is 10.4. The molecule has 1 aliphatic rings. The Labute approximate surface area is 127 Å². The van der Waals surface area contributed by atoms with E-state index in [9.17, 15) is 18.4 Å². The molecule has 4 nitrogen and oxygen atoms in total. The first-order valence-electron chi connectivity index (χ1n) is 7.13. The number of aliphatic imine (C=N–C) groups is 1. The average Bonchev–Trinajstić information content (AvgIpc) is 3.27. The van der Waals surface area contributed by atoms with E-state index in [-0.39, 0.29) is 18.2 Å². The zero-order chi connectivity index (χ0) is 16.3. The van der Waals surface area contributed by atoms with E-state index in [1.54, 1.807) is 6.92 Å². The predicted molar refractivity (Wildman–Crippen MR) is 77.1 cm³/mol. The molecule has 0 N–H and O–H groups in total. The highest BCUT2D eigenvalue weighted by Gasteiger charge is 2.31. The van der Waals surface area contributed by atoms with E-state index in [0.29, 0.717) is 0 Å². The fourth-order valence-electron chi connectivity index (χ4n) is 1.90. The van der Waals surface area contributed by atoms with Crippen molar-refractivity contribution in [2.75, 3.05) is 6.61 Å². The third kappa shape index (κ3) is 3.75. The van der Waals surface area contributed by atoms with Crippen LogP contribution >= 0.6 is 0 Å². The molecule has 1 unspecified atom stereocenters. The molecule has 0 radical (unpaired) electrons. The maximum Gasteiger partial charge on any atom is 0.322 e. The Morgan fingerprint density at radius 1 is 1.36 bits per heavy atom. The lowest BCUT2D eigenvalue weighted by molar-refractivity contribution is -0.143. The molecular formula is C16H17F2NO3. The number of benzene rings is 1. The summed E-state index contributed by atoms with van der Waals surface area (Å²) < 4.78 is 32.3. The van der Waals surface area contributed by atoms with E-state index < -0.39 is 34.9 Å². The van der Waals surface area contributed by atoms with Gasteiger partial charge in [0.05, 0.1) is 12.2 Å². The first-order valence-corrected chi connectivity index (χ1v) is 7.13. The maximum absolute atomic E-state index is 13.9. The van der Waals surface area contributed by atoms with E-state index in [0.717, 1.165) is 25.0 Å². The van der Waals surface area contributed by atoms with Gasteiger partial charge in [-0.2, -0.15) is 0 Å². The van der Waals surface area contributed by atoms with Crippen molar-refractivity contribution in [3.63, 3.8) is 0 Å². The Hall–Kier alpha value is -2.11. The highest BCUT2D eigenvalue weighted by Crippen LogP contribution is 2.24. The number of ether oxygens (including phenoxy) is 1. The number of carbonyl (C=O) groups excluding carboxylic acids is 2. The van der Waals surface area contributed by atoms with Gasteiger partial charge < -0.3 is 4.74 Å². The van der Waals surface area contributed by atoms with Gasteiger partial charge in [-0.25, -0.2) is 8.78 Å². The van der Waals surface area contributed by atoms with Crippen molar-refractivity contribution in [1.82, 2.24) is 0 Å². The summed E-state index contributed by atoms with van der Waals surface area (Å²) in [7, 11) is 0. The summed E-state index contributed by atoms with van der Waals surface area (Å²) in [6, 6.07) is 1.84. The lowest BCUT2D eigenvalue weighted by Crippen LogP contribution is -2.28. The van der Waals surface area contributed by atoms with Gasteiger partial charge in [-0.15, -0.1) is 0 Å². The second kappa shape index (κ2) is 6.77. The molecule has 0 aromatic heterocycles. The molecule has 0 heterocycles. The molecule has 22 heavy (non-hydrogen) atoms. The van der Waals surface area contributed by atoms with Crippen molar-refractivity contribution in [2.24, 2.45) is 10.9 Å². The number of Topliss-reactive ketones (excluding diaryl/α,β-unsaturated/α-hetero) is 1. The molecule has 0 aliphatic heterocycles. The molecule has 1 aromatic rings. The largest absolute Gasteiger partial charge is 0.465 e. The lowest BCUT2D eigenvalue weighted by atomic mass is 9.97. The van der Waals surface area contributed by atoms with Crippen LogP contribution in [-0.2, 0) is 9.53 Å². The number of hydrogen-bond donors (Lipinski definition) is 0. The summed E-state index contributed by atoms with van der Waals surface area (Å²) in [5.41, 5.74) is -0.378. The zero-order valence-corrected chi connectivity index (χ0v) is 12.4. The van der Waals surface area contributed by atoms with Crippen LogP contribution in [0, 0.1) is 24.5 Å². The summed E-state index contributed by atoms with van der Waals surface area (Å²) in [5, 5.41) is 0. The van der Waals surface area contributed by atoms with Crippen molar-refractivity contribution < 1.29 is 23.1 Å². The Morgan fingerprint density at radius 3 is 2.64 bits per heavy atom. The van der Waals surface area contributed by atoms with Gasteiger partial charge in [-0.3, -0.25) is 14.6 Å². The number of aryl methyl sites for hydroxylation is 1. The van der Waals surface area contributed by atoms with E-state index in [2.05, 4.69) is 4.99 Å². The molecule has 0 spiro atoms. The van der Waals surface area contributed by atoms with Crippen LogP contribution < -0.4 is 0 Å². The molecule has 1 aromatic carbocycles. The molecule has 1 fully saturated rings. The van der Waals surface area contributed by atoms with E-state index in [1.807, 2.05) is 0 Å². The zero-order valence-electron chi connectivity index (χ0n) is 12.4. The molecule has 6 heteroatoms. The maximum atomic E-state index is 13.9. The van der Waals surface area contributed by atoms with Crippen LogP contribution in [0.1, 0.15) is 35.7 Å². The number of ketones is 1. The molecule has 0 amide bonds. The SMILES string of the molecule is CCOC(=O)C(C=NC1CC1)C(=O)c1cc(F)c(C)cc1F. The summed E-state index contributed by atoms with van der Waals surface area (Å²) in [6.07, 6.45) is 2.98. The molecule has 2 rings (SSSR count).